The number of halogens is 2. The third kappa shape index (κ3) is 6.79. The molecule has 5 nitrogen and oxygen atoms in total. The van der Waals surface area contributed by atoms with E-state index in [1.807, 2.05) is 12.1 Å². The van der Waals surface area contributed by atoms with Crippen LogP contribution in [0.5, 0.6) is 0 Å². The minimum Gasteiger partial charge on any atom is -0.356 e. The van der Waals surface area contributed by atoms with Crippen molar-refractivity contribution in [2.75, 3.05) is 59.4 Å². The molecule has 2 fully saturated rings. The van der Waals surface area contributed by atoms with Gasteiger partial charge in [0, 0.05) is 58.3 Å². The molecule has 1 aromatic carbocycles. The van der Waals surface area contributed by atoms with Gasteiger partial charge in [0.2, 0.25) is 0 Å². The Labute approximate surface area is 192 Å². The predicted molar refractivity (Wildman–Crippen MR) is 130 cm³/mol. The van der Waals surface area contributed by atoms with Crippen LogP contribution in [0.4, 0.5) is 4.39 Å². The van der Waals surface area contributed by atoms with Crippen molar-refractivity contribution in [1.82, 2.24) is 20.4 Å². The van der Waals surface area contributed by atoms with Crippen molar-refractivity contribution in [2.24, 2.45) is 10.9 Å². The second kappa shape index (κ2) is 11.5. The first-order valence-corrected chi connectivity index (χ1v) is 10.7. The largest absolute Gasteiger partial charge is 0.356 e. The van der Waals surface area contributed by atoms with Gasteiger partial charge in [-0.05, 0) is 36.9 Å². The first kappa shape index (κ1) is 24.3. The highest BCUT2D eigenvalue weighted by molar-refractivity contribution is 14.0. The molecule has 3 rings (SSSR count). The summed E-state index contributed by atoms with van der Waals surface area (Å²) in [4.78, 5) is 9.43. The maximum Gasteiger partial charge on any atom is 0.191 e. The Morgan fingerprint density at radius 2 is 1.79 bits per heavy atom. The van der Waals surface area contributed by atoms with Crippen LogP contribution < -0.4 is 10.6 Å². The molecule has 1 saturated heterocycles. The summed E-state index contributed by atoms with van der Waals surface area (Å²) in [5.74, 6) is 1.26. The molecule has 1 saturated carbocycles. The molecule has 2 N–H and O–H groups in total. The van der Waals surface area contributed by atoms with Gasteiger partial charge in [-0.3, -0.25) is 4.99 Å². The second-order valence-electron chi connectivity index (χ2n) is 8.41. The molecule has 1 aliphatic heterocycles. The summed E-state index contributed by atoms with van der Waals surface area (Å²) < 4.78 is 14.2. The highest BCUT2D eigenvalue weighted by Crippen LogP contribution is 2.48. The van der Waals surface area contributed by atoms with E-state index in [1.54, 1.807) is 19.2 Å². The highest BCUT2D eigenvalue weighted by atomic mass is 127. The summed E-state index contributed by atoms with van der Waals surface area (Å²) in [5, 5.41) is 6.88. The molecule has 0 spiro atoms. The molecule has 1 unspecified atom stereocenters. The molecule has 7 heteroatoms. The molecule has 0 amide bonds. The SMILES string of the molecule is CCN1CCN(CC(C)CNC(=NC)NCC2(c3ccccc3F)CC2)CC1.I. The molecule has 0 aromatic heterocycles. The van der Waals surface area contributed by atoms with E-state index in [4.69, 9.17) is 0 Å². The van der Waals surface area contributed by atoms with Gasteiger partial charge >= 0.3 is 0 Å². The maximum absolute atomic E-state index is 14.2. The van der Waals surface area contributed by atoms with Gasteiger partial charge in [0.1, 0.15) is 5.82 Å². The number of hydrogen-bond acceptors (Lipinski definition) is 3. The number of aliphatic imine (C=N–C) groups is 1. The molecule has 0 bridgehead atoms. The fourth-order valence-electron chi connectivity index (χ4n) is 4.12. The normalized spacial score (nSPS) is 20.6. The number of hydrogen-bond donors (Lipinski definition) is 2. The van der Waals surface area contributed by atoms with E-state index >= 15 is 0 Å². The molecular weight excluding hydrogens is 480 g/mol. The number of rotatable bonds is 8. The van der Waals surface area contributed by atoms with Gasteiger partial charge in [0.05, 0.1) is 0 Å². The number of nitrogens with zero attached hydrogens (tertiary/aromatic N) is 3. The van der Waals surface area contributed by atoms with Crippen molar-refractivity contribution in [3.05, 3.63) is 35.6 Å². The Bertz CT molecular complexity index is 656. The fraction of sp³-hybridized carbons (Fsp3) is 0.682. The lowest BCUT2D eigenvalue weighted by Crippen LogP contribution is -2.49. The summed E-state index contributed by atoms with van der Waals surface area (Å²) in [6, 6.07) is 7.16. The molecule has 29 heavy (non-hydrogen) atoms. The Balaban J connectivity index is 0.00000300. The molecule has 1 aliphatic carbocycles. The molecule has 2 aliphatic rings. The van der Waals surface area contributed by atoms with Crippen molar-refractivity contribution in [3.63, 3.8) is 0 Å². The number of guanidine groups is 1. The first-order chi connectivity index (χ1) is 13.6. The van der Waals surface area contributed by atoms with Crippen molar-refractivity contribution >= 4 is 29.9 Å². The minimum absolute atomic E-state index is 0. The number of benzene rings is 1. The Kier molecular flexibility index (Phi) is 9.62. The van der Waals surface area contributed by atoms with E-state index in [0.717, 1.165) is 63.6 Å². The van der Waals surface area contributed by atoms with E-state index in [0.29, 0.717) is 5.92 Å². The summed E-state index contributed by atoms with van der Waals surface area (Å²) in [6.07, 6.45) is 2.05. The van der Waals surface area contributed by atoms with Crippen LogP contribution in [0.25, 0.3) is 0 Å². The van der Waals surface area contributed by atoms with Gasteiger partial charge in [0.25, 0.3) is 0 Å². The average Bonchev–Trinajstić information content (AvgIpc) is 3.50. The van der Waals surface area contributed by atoms with E-state index in [1.165, 1.54) is 13.1 Å². The monoisotopic (exact) mass is 517 g/mol. The van der Waals surface area contributed by atoms with Crippen molar-refractivity contribution in [1.29, 1.82) is 0 Å². The summed E-state index contributed by atoms with van der Waals surface area (Å²) in [5.41, 5.74) is 0.755. The minimum atomic E-state index is -0.0958. The molecule has 0 radical (unpaired) electrons. The van der Waals surface area contributed by atoms with E-state index in [-0.39, 0.29) is 35.2 Å². The maximum atomic E-state index is 14.2. The topological polar surface area (TPSA) is 42.9 Å². The summed E-state index contributed by atoms with van der Waals surface area (Å²) in [6.45, 7) is 13.1. The van der Waals surface area contributed by atoms with Crippen molar-refractivity contribution in [3.8, 4) is 0 Å². The third-order valence-electron chi connectivity index (χ3n) is 6.22. The average molecular weight is 517 g/mol. The molecule has 164 valence electrons. The Morgan fingerprint density at radius 1 is 1.14 bits per heavy atom. The van der Waals surface area contributed by atoms with Gasteiger partial charge in [-0.2, -0.15) is 0 Å². The van der Waals surface area contributed by atoms with Crippen LogP contribution in [0.2, 0.25) is 0 Å². The van der Waals surface area contributed by atoms with Crippen LogP contribution in [0.15, 0.2) is 29.3 Å². The lowest BCUT2D eigenvalue weighted by molar-refractivity contribution is 0.124. The van der Waals surface area contributed by atoms with Crippen LogP contribution in [0.3, 0.4) is 0 Å². The van der Waals surface area contributed by atoms with Gasteiger partial charge < -0.3 is 20.4 Å². The zero-order valence-electron chi connectivity index (χ0n) is 18.1. The second-order valence-corrected chi connectivity index (χ2v) is 8.41. The lowest BCUT2D eigenvalue weighted by atomic mass is 9.95. The van der Waals surface area contributed by atoms with Crippen molar-refractivity contribution in [2.45, 2.75) is 32.1 Å². The summed E-state index contributed by atoms with van der Waals surface area (Å²) in [7, 11) is 1.80. The van der Waals surface area contributed by atoms with Crippen LogP contribution in [-0.2, 0) is 5.41 Å². The van der Waals surface area contributed by atoms with E-state index in [9.17, 15) is 4.39 Å². The summed E-state index contributed by atoms with van der Waals surface area (Å²) >= 11 is 0. The number of nitrogens with one attached hydrogen (secondary N) is 2. The van der Waals surface area contributed by atoms with Gasteiger partial charge in [-0.15, -0.1) is 24.0 Å². The highest BCUT2D eigenvalue weighted by Gasteiger charge is 2.45. The first-order valence-electron chi connectivity index (χ1n) is 10.7. The lowest BCUT2D eigenvalue weighted by Gasteiger charge is -2.35. The van der Waals surface area contributed by atoms with E-state index in [2.05, 4.69) is 39.3 Å². The van der Waals surface area contributed by atoms with Gasteiger partial charge in [-0.25, -0.2) is 4.39 Å². The predicted octanol–water partition coefficient (Wildman–Crippen LogP) is 2.91. The van der Waals surface area contributed by atoms with E-state index < -0.39 is 0 Å². The third-order valence-corrected chi connectivity index (χ3v) is 6.22. The molecule has 1 atom stereocenters. The zero-order valence-corrected chi connectivity index (χ0v) is 20.4. The smallest absolute Gasteiger partial charge is 0.191 e. The quantitative estimate of drug-likeness (QED) is 0.316. The standard InChI is InChI=1S/C22H36FN5.HI/c1-4-27-11-13-28(14-12-27)16-18(2)15-25-21(24-3)26-17-22(9-10-22)19-7-5-6-8-20(19)23;/h5-8,18H,4,9-17H2,1-3H3,(H2,24,25,26);1H. The van der Waals surface area contributed by atoms with Crippen LogP contribution >= 0.6 is 24.0 Å². The Morgan fingerprint density at radius 3 is 2.38 bits per heavy atom. The van der Waals surface area contributed by atoms with Crippen molar-refractivity contribution < 1.29 is 4.39 Å². The van der Waals surface area contributed by atoms with Crippen LogP contribution in [0.1, 0.15) is 32.3 Å². The number of likely N-dealkylation sites (N-methyl/N-ethyl adjacent to an activating group) is 1. The Hall–Kier alpha value is -0.930. The fourth-order valence-corrected chi connectivity index (χ4v) is 4.12. The van der Waals surface area contributed by atoms with Crippen LogP contribution in [-0.4, -0.2) is 75.2 Å². The van der Waals surface area contributed by atoms with Gasteiger partial charge in [-0.1, -0.05) is 32.0 Å². The molecule has 1 heterocycles. The van der Waals surface area contributed by atoms with Crippen LogP contribution in [0, 0.1) is 11.7 Å². The molecule has 1 aromatic rings. The zero-order chi connectivity index (χ0) is 20.0. The molecular formula is C22H37FIN5. The van der Waals surface area contributed by atoms with Gasteiger partial charge in [0.15, 0.2) is 5.96 Å². The number of piperazine rings is 1.